The van der Waals surface area contributed by atoms with Crippen LogP contribution >= 0.6 is 24.0 Å². The van der Waals surface area contributed by atoms with Crippen LogP contribution in [-0.4, -0.2) is 5.91 Å². The van der Waals surface area contributed by atoms with E-state index in [9.17, 15) is 4.79 Å². The molecule has 4 nitrogen and oxygen atoms in total. The average molecular weight is 357 g/mol. The van der Waals surface area contributed by atoms with Gasteiger partial charge in [-0.1, -0.05) is 37.6 Å². The van der Waals surface area contributed by atoms with Crippen molar-refractivity contribution in [2.24, 2.45) is 5.73 Å². The van der Waals surface area contributed by atoms with Crippen LogP contribution in [0.5, 0.6) is 0 Å². The molecule has 23 heavy (non-hydrogen) atoms. The van der Waals surface area contributed by atoms with E-state index in [0.717, 1.165) is 18.4 Å². The molecule has 0 aliphatic heterocycles. The lowest BCUT2D eigenvalue weighted by Gasteiger charge is -2.33. The second-order valence-corrected chi connectivity index (χ2v) is 5.69. The average Bonchev–Trinajstić information content (AvgIpc) is 3.02. The number of nitrogens with two attached hydrogens (primary N) is 1. The predicted octanol–water partition coefficient (Wildman–Crippen LogP) is 4.26. The van der Waals surface area contributed by atoms with Crippen LogP contribution in [0.15, 0.2) is 41.0 Å². The smallest absolute Gasteiger partial charge is 0.255 e. The molecule has 1 aromatic heterocycles. The molecule has 1 heterocycles. The maximum Gasteiger partial charge on any atom is 0.255 e. The number of halogens is 2. The lowest BCUT2D eigenvalue weighted by molar-refractivity contribution is 0.0889. The topological polar surface area (TPSA) is 68.3 Å². The van der Waals surface area contributed by atoms with Gasteiger partial charge < -0.3 is 15.5 Å². The van der Waals surface area contributed by atoms with E-state index in [0.29, 0.717) is 16.3 Å². The van der Waals surface area contributed by atoms with Crippen LogP contribution in [0.4, 0.5) is 0 Å². The molecule has 0 aliphatic carbocycles. The second-order valence-electron chi connectivity index (χ2n) is 5.26. The van der Waals surface area contributed by atoms with Gasteiger partial charge in [-0.05, 0) is 36.6 Å². The maximum atomic E-state index is 12.5. The van der Waals surface area contributed by atoms with Gasteiger partial charge in [-0.3, -0.25) is 4.79 Å². The first-order chi connectivity index (χ1) is 10.5. The summed E-state index contributed by atoms with van der Waals surface area (Å²) < 4.78 is 5.23. The third-order valence-electron chi connectivity index (χ3n) is 4.07. The first-order valence-corrected chi connectivity index (χ1v) is 7.78. The van der Waals surface area contributed by atoms with Gasteiger partial charge in [-0.2, -0.15) is 0 Å². The number of benzene rings is 1. The van der Waals surface area contributed by atoms with E-state index in [2.05, 4.69) is 19.2 Å². The zero-order chi connectivity index (χ0) is 16.2. The monoisotopic (exact) mass is 356 g/mol. The van der Waals surface area contributed by atoms with Gasteiger partial charge in [-0.15, -0.1) is 12.4 Å². The van der Waals surface area contributed by atoms with Crippen LogP contribution in [0.3, 0.4) is 0 Å². The Morgan fingerprint density at radius 3 is 2.35 bits per heavy atom. The van der Waals surface area contributed by atoms with E-state index in [-0.39, 0.29) is 24.9 Å². The van der Waals surface area contributed by atoms with E-state index < -0.39 is 5.54 Å². The van der Waals surface area contributed by atoms with Crippen molar-refractivity contribution in [2.75, 3.05) is 0 Å². The Kier molecular flexibility index (Phi) is 7.13. The summed E-state index contributed by atoms with van der Waals surface area (Å²) in [5, 5.41) is 3.82. The lowest BCUT2D eigenvalue weighted by Crippen LogP contribution is -2.45. The number of carbonyl (C=O) groups is 1. The molecule has 2 rings (SSSR count). The van der Waals surface area contributed by atoms with Crippen molar-refractivity contribution in [1.29, 1.82) is 0 Å². The van der Waals surface area contributed by atoms with Gasteiger partial charge in [0.25, 0.3) is 5.91 Å². The Hall–Kier alpha value is -1.49. The minimum atomic E-state index is -0.429. The van der Waals surface area contributed by atoms with E-state index in [4.69, 9.17) is 21.8 Å². The van der Waals surface area contributed by atoms with Crippen LogP contribution in [0.1, 0.15) is 48.4 Å². The highest BCUT2D eigenvalue weighted by molar-refractivity contribution is 6.30. The first-order valence-electron chi connectivity index (χ1n) is 7.40. The summed E-state index contributed by atoms with van der Waals surface area (Å²) in [5.74, 6) is 0.428. The maximum absolute atomic E-state index is 12.5. The van der Waals surface area contributed by atoms with Gasteiger partial charge in [0.2, 0.25) is 0 Å². The largest absolute Gasteiger partial charge is 0.467 e. The Morgan fingerprint density at radius 2 is 1.87 bits per heavy atom. The zero-order valence-corrected chi connectivity index (χ0v) is 14.8. The molecule has 1 aromatic carbocycles. The van der Waals surface area contributed by atoms with Crippen molar-refractivity contribution in [3.63, 3.8) is 0 Å². The zero-order valence-electron chi connectivity index (χ0n) is 13.3. The van der Waals surface area contributed by atoms with E-state index in [1.54, 1.807) is 6.07 Å². The molecule has 0 spiro atoms. The summed E-state index contributed by atoms with van der Waals surface area (Å²) in [7, 11) is 0. The van der Waals surface area contributed by atoms with E-state index in [1.807, 2.05) is 24.3 Å². The first kappa shape index (κ1) is 19.6. The Bertz CT molecular complexity index is 634. The Labute approximate surface area is 147 Å². The SMILES string of the molecule is CCC(CC)(NC(=O)c1coc(CN)c1)c1ccc(Cl)cc1.Cl. The molecule has 0 radical (unpaired) electrons. The minimum Gasteiger partial charge on any atom is -0.467 e. The quantitative estimate of drug-likeness (QED) is 0.812. The Balaban J connectivity index is 0.00000264. The van der Waals surface area contributed by atoms with Gasteiger partial charge in [0.05, 0.1) is 17.6 Å². The minimum absolute atomic E-state index is 0. The molecule has 0 unspecified atom stereocenters. The molecular formula is C17H22Cl2N2O2. The number of carbonyl (C=O) groups excluding carboxylic acids is 1. The lowest BCUT2D eigenvalue weighted by atomic mass is 9.84. The predicted molar refractivity (Wildman–Crippen MR) is 95.0 cm³/mol. The summed E-state index contributed by atoms with van der Waals surface area (Å²) in [5.41, 5.74) is 6.61. The molecule has 0 saturated heterocycles. The fraction of sp³-hybridized carbons (Fsp3) is 0.353. The second kappa shape index (κ2) is 8.39. The van der Waals surface area contributed by atoms with Crippen molar-refractivity contribution in [1.82, 2.24) is 5.32 Å². The summed E-state index contributed by atoms with van der Waals surface area (Å²) in [6, 6.07) is 9.26. The van der Waals surface area contributed by atoms with Crippen LogP contribution in [-0.2, 0) is 12.1 Å². The fourth-order valence-corrected chi connectivity index (χ4v) is 2.70. The summed E-state index contributed by atoms with van der Waals surface area (Å²) in [6.45, 7) is 4.38. The number of rotatable bonds is 6. The number of hydrogen-bond donors (Lipinski definition) is 2. The van der Waals surface area contributed by atoms with Gasteiger partial charge in [0.15, 0.2) is 0 Å². The van der Waals surface area contributed by atoms with E-state index >= 15 is 0 Å². The molecule has 6 heteroatoms. The van der Waals surface area contributed by atoms with Gasteiger partial charge >= 0.3 is 0 Å². The fourth-order valence-electron chi connectivity index (χ4n) is 2.57. The van der Waals surface area contributed by atoms with Crippen molar-refractivity contribution in [2.45, 2.75) is 38.8 Å². The van der Waals surface area contributed by atoms with Crippen molar-refractivity contribution >= 4 is 29.9 Å². The van der Waals surface area contributed by atoms with Gasteiger partial charge in [0, 0.05) is 5.02 Å². The molecule has 0 aliphatic rings. The van der Waals surface area contributed by atoms with Crippen LogP contribution in [0.25, 0.3) is 0 Å². The Morgan fingerprint density at radius 1 is 1.26 bits per heavy atom. The van der Waals surface area contributed by atoms with Crippen molar-refractivity contribution < 1.29 is 9.21 Å². The number of furan rings is 1. The molecule has 2 aromatic rings. The summed E-state index contributed by atoms with van der Waals surface area (Å²) >= 11 is 5.96. The molecular weight excluding hydrogens is 335 g/mol. The summed E-state index contributed by atoms with van der Waals surface area (Å²) in [4.78, 5) is 12.5. The molecule has 0 bridgehead atoms. The number of amides is 1. The third-order valence-corrected chi connectivity index (χ3v) is 4.33. The van der Waals surface area contributed by atoms with Gasteiger partial charge in [0.1, 0.15) is 12.0 Å². The molecule has 1 amide bonds. The summed E-state index contributed by atoms with van der Waals surface area (Å²) in [6.07, 6.45) is 2.99. The number of nitrogens with one attached hydrogen (secondary N) is 1. The van der Waals surface area contributed by atoms with Crippen LogP contribution in [0.2, 0.25) is 5.02 Å². The van der Waals surface area contributed by atoms with Gasteiger partial charge in [-0.25, -0.2) is 0 Å². The number of hydrogen-bond acceptors (Lipinski definition) is 3. The third kappa shape index (κ3) is 4.28. The van der Waals surface area contributed by atoms with Crippen LogP contribution < -0.4 is 11.1 Å². The molecule has 0 saturated carbocycles. The highest BCUT2D eigenvalue weighted by Gasteiger charge is 2.31. The normalized spacial score (nSPS) is 11.0. The standard InChI is InChI=1S/C17H21ClN2O2.ClH/c1-3-17(4-2,13-5-7-14(18)8-6-13)20-16(21)12-9-15(10-19)22-11-12;/h5-9,11H,3-4,10,19H2,1-2H3,(H,20,21);1H. The molecule has 0 fully saturated rings. The molecule has 3 N–H and O–H groups in total. The van der Waals surface area contributed by atoms with Crippen molar-refractivity contribution in [3.8, 4) is 0 Å². The van der Waals surface area contributed by atoms with E-state index in [1.165, 1.54) is 6.26 Å². The highest BCUT2D eigenvalue weighted by atomic mass is 35.5. The molecule has 126 valence electrons. The highest BCUT2D eigenvalue weighted by Crippen LogP contribution is 2.30. The van der Waals surface area contributed by atoms with Crippen LogP contribution in [0, 0.1) is 0 Å². The van der Waals surface area contributed by atoms with Crippen molar-refractivity contribution in [3.05, 3.63) is 58.5 Å². The molecule has 0 atom stereocenters.